The number of aromatic amines is 1. The molecule has 8 heteroatoms. The third-order valence-corrected chi connectivity index (χ3v) is 4.90. The van der Waals surface area contributed by atoms with Gasteiger partial charge in [0.05, 0.1) is 31.6 Å². The molecular weight excluding hydrogens is 348 g/mol. The molecule has 0 bridgehead atoms. The molecular formula is C19H22N4O4. The summed E-state index contributed by atoms with van der Waals surface area (Å²) < 4.78 is 10.2. The van der Waals surface area contributed by atoms with Crippen molar-refractivity contribution in [3.8, 4) is 11.3 Å². The lowest BCUT2D eigenvalue weighted by Gasteiger charge is -2.16. The van der Waals surface area contributed by atoms with Gasteiger partial charge in [-0.2, -0.15) is 5.10 Å². The molecule has 2 aromatic rings. The van der Waals surface area contributed by atoms with Gasteiger partial charge >= 0.3 is 12.2 Å². The Hall–Kier alpha value is -3.03. The van der Waals surface area contributed by atoms with Crippen LogP contribution in [0.4, 0.5) is 15.3 Å². The van der Waals surface area contributed by atoms with Gasteiger partial charge in [-0.05, 0) is 49.4 Å². The maximum Gasteiger partial charge on any atom is 0.414 e. The number of benzene rings is 1. The standard InChI is InChI=1S/C19H22N4O4/c1-2-26-18(24)20-10-15-11-23(19(25)27-15)14-6-7-16-12(8-14)4-3-5-13-9-21-22-17(13)16/h6-9,15H,2-5,10-11H2,1H3,(H,20,24)(H,21,22). The smallest absolute Gasteiger partial charge is 0.414 e. The number of nitrogens with zero attached hydrogens (tertiary/aromatic N) is 2. The number of aromatic nitrogens is 2. The molecule has 1 aliphatic heterocycles. The average Bonchev–Trinajstić information content (AvgIpc) is 3.23. The molecule has 2 aliphatic rings. The van der Waals surface area contributed by atoms with E-state index in [2.05, 4.69) is 15.5 Å². The van der Waals surface area contributed by atoms with Crippen LogP contribution in [0.5, 0.6) is 0 Å². The molecule has 0 spiro atoms. The topological polar surface area (TPSA) is 96.5 Å². The molecule has 142 valence electrons. The molecule has 1 aliphatic carbocycles. The molecule has 1 unspecified atom stereocenters. The Morgan fingerprint density at radius 3 is 3.11 bits per heavy atom. The summed E-state index contributed by atoms with van der Waals surface area (Å²) in [6.45, 7) is 2.65. The summed E-state index contributed by atoms with van der Waals surface area (Å²) in [7, 11) is 0. The van der Waals surface area contributed by atoms with Gasteiger partial charge < -0.3 is 14.8 Å². The second-order valence-electron chi connectivity index (χ2n) is 6.68. The van der Waals surface area contributed by atoms with Crippen LogP contribution in [-0.2, 0) is 22.3 Å². The second kappa shape index (κ2) is 7.30. The first-order valence-electron chi connectivity index (χ1n) is 9.20. The summed E-state index contributed by atoms with van der Waals surface area (Å²) >= 11 is 0. The number of anilines is 1. The van der Waals surface area contributed by atoms with Gasteiger partial charge in [-0.1, -0.05) is 6.07 Å². The van der Waals surface area contributed by atoms with Crippen molar-refractivity contribution in [2.75, 3.05) is 24.6 Å². The molecule has 1 saturated heterocycles. The van der Waals surface area contributed by atoms with Crippen molar-refractivity contribution in [3.63, 3.8) is 0 Å². The Morgan fingerprint density at radius 1 is 1.41 bits per heavy atom. The number of cyclic esters (lactones) is 1. The van der Waals surface area contributed by atoms with Crippen molar-refractivity contribution in [1.29, 1.82) is 0 Å². The van der Waals surface area contributed by atoms with E-state index in [9.17, 15) is 9.59 Å². The first-order valence-corrected chi connectivity index (χ1v) is 9.20. The van der Waals surface area contributed by atoms with Crippen molar-refractivity contribution in [2.45, 2.75) is 32.3 Å². The van der Waals surface area contributed by atoms with Crippen molar-refractivity contribution in [1.82, 2.24) is 15.5 Å². The van der Waals surface area contributed by atoms with Gasteiger partial charge in [0, 0.05) is 11.3 Å². The molecule has 1 aromatic heterocycles. The van der Waals surface area contributed by atoms with E-state index in [4.69, 9.17) is 9.47 Å². The summed E-state index contributed by atoms with van der Waals surface area (Å²) in [5.41, 5.74) is 5.43. The van der Waals surface area contributed by atoms with Gasteiger partial charge in [0.1, 0.15) is 6.10 Å². The summed E-state index contributed by atoms with van der Waals surface area (Å²) in [5, 5.41) is 9.86. The van der Waals surface area contributed by atoms with E-state index in [0.717, 1.165) is 36.2 Å². The predicted molar refractivity (Wildman–Crippen MR) is 98.7 cm³/mol. The lowest BCUT2D eigenvalue weighted by Crippen LogP contribution is -2.35. The zero-order chi connectivity index (χ0) is 18.8. The minimum atomic E-state index is -0.507. The van der Waals surface area contributed by atoms with Gasteiger partial charge in [0.2, 0.25) is 0 Å². The number of nitrogens with one attached hydrogen (secondary N) is 2. The normalized spacial score (nSPS) is 18.3. The van der Waals surface area contributed by atoms with Gasteiger partial charge in [0.15, 0.2) is 0 Å². The van der Waals surface area contributed by atoms with Gasteiger partial charge in [-0.15, -0.1) is 0 Å². The van der Waals surface area contributed by atoms with Crippen LogP contribution in [0.3, 0.4) is 0 Å². The fraction of sp³-hybridized carbons (Fsp3) is 0.421. The minimum absolute atomic E-state index is 0.226. The number of carbonyl (C=O) groups is 2. The van der Waals surface area contributed by atoms with Crippen molar-refractivity contribution < 1.29 is 19.1 Å². The second-order valence-corrected chi connectivity index (χ2v) is 6.68. The van der Waals surface area contributed by atoms with Gasteiger partial charge in [0.25, 0.3) is 0 Å². The maximum atomic E-state index is 12.3. The third kappa shape index (κ3) is 3.47. The van der Waals surface area contributed by atoms with E-state index in [1.165, 1.54) is 11.1 Å². The van der Waals surface area contributed by atoms with Crippen LogP contribution < -0.4 is 10.2 Å². The fourth-order valence-electron chi connectivity index (χ4n) is 3.62. The molecule has 4 rings (SSSR count). The van der Waals surface area contributed by atoms with Gasteiger partial charge in [-0.25, -0.2) is 9.59 Å². The molecule has 2 amide bonds. The molecule has 0 saturated carbocycles. The van der Waals surface area contributed by atoms with Crippen LogP contribution in [0.2, 0.25) is 0 Å². The summed E-state index contributed by atoms with van der Waals surface area (Å²) in [6, 6.07) is 6.01. The highest BCUT2D eigenvalue weighted by molar-refractivity contribution is 5.90. The molecule has 0 radical (unpaired) electrons. The number of H-pyrrole nitrogens is 1. The van der Waals surface area contributed by atoms with E-state index in [1.54, 1.807) is 11.8 Å². The number of ether oxygens (including phenoxy) is 2. The van der Waals surface area contributed by atoms with Crippen molar-refractivity contribution in [2.24, 2.45) is 0 Å². The summed E-state index contributed by atoms with van der Waals surface area (Å²) in [6.07, 6.45) is 3.55. The molecule has 1 atom stereocenters. The Kier molecular flexibility index (Phi) is 4.70. The van der Waals surface area contributed by atoms with Crippen LogP contribution >= 0.6 is 0 Å². The van der Waals surface area contributed by atoms with Crippen LogP contribution in [0, 0.1) is 0 Å². The lowest BCUT2D eigenvalue weighted by molar-refractivity contribution is 0.127. The minimum Gasteiger partial charge on any atom is -0.450 e. The highest BCUT2D eigenvalue weighted by atomic mass is 16.6. The number of carbonyl (C=O) groups excluding carboxylic acids is 2. The van der Waals surface area contributed by atoms with E-state index < -0.39 is 18.3 Å². The van der Waals surface area contributed by atoms with Crippen LogP contribution in [0.25, 0.3) is 11.3 Å². The van der Waals surface area contributed by atoms with E-state index >= 15 is 0 Å². The highest BCUT2D eigenvalue weighted by Gasteiger charge is 2.33. The molecule has 1 aromatic carbocycles. The van der Waals surface area contributed by atoms with Crippen molar-refractivity contribution >= 4 is 17.9 Å². The third-order valence-electron chi connectivity index (χ3n) is 4.90. The predicted octanol–water partition coefficient (Wildman–Crippen LogP) is 2.64. The molecule has 1 fully saturated rings. The zero-order valence-corrected chi connectivity index (χ0v) is 15.2. The number of hydrogen-bond donors (Lipinski definition) is 2. The van der Waals surface area contributed by atoms with Crippen LogP contribution in [-0.4, -0.2) is 48.2 Å². The molecule has 2 heterocycles. The van der Waals surface area contributed by atoms with Crippen molar-refractivity contribution in [3.05, 3.63) is 35.5 Å². The average molecular weight is 370 g/mol. The quantitative estimate of drug-likeness (QED) is 0.862. The summed E-state index contributed by atoms with van der Waals surface area (Å²) in [4.78, 5) is 25.3. The first kappa shape index (κ1) is 17.4. The maximum absolute atomic E-state index is 12.3. The SMILES string of the molecule is CCOC(=O)NCC1CN(c2ccc3c(c2)CCCc2cn[nH]c2-3)C(=O)O1. The Morgan fingerprint density at radius 2 is 2.26 bits per heavy atom. The molecule has 8 nitrogen and oxygen atoms in total. The Bertz CT molecular complexity index is 863. The number of fused-ring (bicyclic) bond motifs is 3. The number of amides is 2. The van der Waals surface area contributed by atoms with E-state index in [0.29, 0.717) is 13.2 Å². The number of rotatable bonds is 4. The molecule has 27 heavy (non-hydrogen) atoms. The van der Waals surface area contributed by atoms with Crippen LogP contribution in [0.1, 0.15) is 24.5 Å². The van der Waals surface area contributed by atoms with E-state index in [1.807, 2.05) is 24.4 Å². The first-order chi connectivity index (χ1) is 13.2. The number of alkyl carbamates (subject to hydrolysis) is 1. The van der Waals surface area contributed by atoms with Crippen LogP contribution in [0.15, 0.2) is 24.4 Å². The number of hydrogen-bond acceptors (Lipinski definition) is 5. The number of aryl methyl sites for hydroxylation is 2. The lowest BCUT2D eigenvalue weighted by atomic mass is 10.0. The monoisotopic (exact) mass is 370 g/mol. The molecule has 2 N–H and O–H groups in total. The highest BCUT2D eigenvalue weighted by Crippen LogP contribution is 2.34. The Labute approximate surface area is 156 Å². The van der Waals surface area contributed by atoms with E-state index in [-0.39, 0.29) is 6.54 Å². The Balaban J connectivity index is 1.49. The summed E-state index contributed by atoms with van der Waals surface area (Å²) in [5.74, 6) is 0. The van der Waals surface area contributed by atoms with Gasteiger partial charge in [-0.3, -0.25) is 10.00 Å². The zero-order valence-electron chi connectivity index (χ0n) is 15.2. The largest absolute Gasteiger partial charge is 0.450 e. The fourth-order valence-corrected chi connectivity index (χ4v) is 3.62.